The van der Waals surface area contributed by atoms with Gasteiger partial charge in [-0.15, -0.1) is 11.3 Å². The second-order valence-corrected chi connectivity index (χ2v) is 9.71. The number of likely N-dealkylation sites (tertiary alicyclic amines) is 1. The molecule has 1 aromatic carbocycles. The van der Waals surface area contributed by atoms with E-state index in [9.17, 15) is 0 Å². The van der Waals surface area contributed by atoms with Gasteiger partial charge in [-0.05, 0) is 45.4 Å². The fourth-order valence-electron chi connectivity index (χ4n) is 4.42. The average Bonchev–Trinajstić information content (AvgIpc) is 3.23. The van der Waals surface area contributed by atoms with E-state index in [-0.39, 0.29) is 6.04 Å². The smallest absolute Gasteiger partial charge is 0.188 e. The van der Waals surface area contributed by atoms with Gasteiger partial charge in [0, 0.05) is 34.8 Å². The number of thiazole rings is 1. The lowest BCUT2D eigenvalue weighted by Gasteiger charge is -2.34. The number of fused-ring (bicyclic) bond motifs is 1. The molecule has 0 amide bonds. The Hall–Kier alpha value is -3.10. The van der Waals surface area contributed by atoms with Crippen LogP contribution in [0.15, 0.2) is 42.6 Å². The largest absolute Gasteiger partial charge is 0.494 e. The maximum absolute atomic E-state index is 5.53. The van der Waals surface area contributed by atoms with Crippen molar-refractivity contribution in [2.24, 2.45) is 0 Å². The van der Waals surface area contributed by atoms with Gasteiger partial charge in [-0.25, -0.2) is 19.9 Å². The molecule has 3 aromatic heterocycles. The summed E-state index contributed by atoms with van der Waals surface area (Å²) in [6.45, 7) is 5.83. The minimum atomic E-state index is 0.160. The number of aryl methyl sites for hydroxylation is 2. The molecule has 7 nitrogen and oxygen atoms in total. The molecule has 1 unspecified atom stereocenters. The zero-order chi connectivity index (χ0) is 22.8. The Morgan fingerprint density at radius 1 is 1.12 bits per heavy atom. The molecule has 4 heterocycles. The van der Waals surface area contributed by atoms with Gasteiger partial charge in [-0.2, -0.15) is 0 Å². The number of rotatable bonds is 6. The lowest BCUT2D eigenvalue weighted by Crippen LogP contribution is -2.34. The SMILES string of the molecule is COc1cccc2ccc(CN3CCCCC3c3nc(C)cc(Nc4ncc(C)s4)n3)nc12. The van der Waals surface area contributed by atoms with Crippen LogP contribution in [0.3, 0.4) is 0 Å². The molecule has 0 radical (unpaired) electrons. The number of benzene rings is 1. The number of hydrogen-bond acceptors (Lipinski definition) is 8. The van der Waals surface area contributed by atoms with Crippen LogP contribution in [0.25, 0.3) is 10.9 Å². The van der Waals surface area contributed by atoms with Crippen LogP contribution in [-0.2, 0) is 6.54 Å². The highest BCUT2D eigenvalue weighted by Gasteiger charge is 2.27. The van der Waals surface area contributed by atoms with Gasteiger partial charge >= 0.3 is 0 Å². The van der Waals surface area contributed by atoms with Gasteiger partial charge in [0.2, 0.25) is 0 Å². The van der Waals surface area contributed by atoms with Gasteiger partial charge in [-0.3, -0.25) is 4.90 Å². The number of nitrogens with zero attached hydrogens (tertiary/aromatic N) is 5. The molecule has 1 N–H and O–H groups in total. The molecule has 0 bridgehead atoms. The van der Waals surface area contributed by atoms with Crippen molar-refractivity contribution in [2.45, 2.75) is 45.7 Å². The number of para-hydroxylation sites is 1. The van der Waals surface area contributed by atoms with E-state index in [0.29, 0.717) is 0 Å². The second kappa shape index (κ2) is 9.41. The van der Waals surface area contributed by atoms with E-state index in [1.807, 2.05) is 31.3 Å². The summed E-state index contributed by atoms with van der Waals surface area (Å²) in [6, 6.07) is 12.4. The second-order valence-electron chi connectivity index (χ2n) is 8.47. The van der Waals surface area contributed by atoms with Crippen molar-refractivity contribution in [3.8, 4) is 5.75 Å². The molecular weight excluding hydrogens is 432 g/mol. The minimum absolute atomic E-state index is 0.160. The predicted molar refractivity (Wildman–Crippen MR) is 132 cm³/mol. The predicted octanol–water partition coefficient (Wildman–Crippen LogP) is 5.58. The summed E-state index contributed by atoms with van der Waals surface area (Å²) in [4.78, 5) is 22.7. The lowest BCUT2D eigenvalue weighted by atomic mass is 10.0. The number of aromatic nitrogens is 4. The van der Waals surface area contributed by atoms with Crippen molar-refractivity contribution in [1.82, 2.24) is 24.8 Å². The summed E-state index contributed by atoms with van der Waals surface area (Å²) in [5.74, 6) is 2.47. The zero-order valence-electron chi connectivity index (χ0n) is 19.2. The van der Waals surface area contributed by atoms with Crippen LogP contribution in [0.2, 0.25) is 0 Å². The van der Waals surface area contributed by atoms with Crippen LogP contribution in [-0.4, -0.2) is 38.5 Å². The van der Waals surface area contributed by atoms with E-state index < -0.39 is 0 Å². The summed E-state index contributed by atoms with van der Waals surface area (Å²) in [7, 11) is 1.69. The molecule has 4 aromatic rings. The van der Waals surface area contributed by atoms with Crippen molar-refractivity contribution < 1.29 is 4.74 Å². The van der Waals surface area contributed by atoms with E-state index in [0.717, 1.165) is 64.3 Å². The third kappa shape index (κ3) is 4.82. The average molecular weight is 461 g/mol. The first-order valence-corrected chi connectivity index (χ1v) is 12.1. The van der Waals surface area contributed by atoms with Crippen molar-refractivity contribution in [2.75, 3.05) is 19.0 Å². The molecular formula is C25H28N6OS. The van der Waals surface area contributed by atoms with Crippen molar-refractivity contribution in [1.29, 1.82) is 0 Å². The molecule has 0 aliphatic carbocycles. The number of anilines is 2. The van der Waals surface area contributed by atoms with E-state index in [1.54, 1.807) is 18.4 Å². The molecule has 5 rings (SSSR count). The molecule has 1 aliphatic heterocycles. The van der Waals surface area contributed by atoms with Gasteiger partial charge in [0.25, 0.3) is 0 Å². The van der Waals surface area contributed by atoms with E-state index in [1.165, 1.54) is 17.7 Å². The van der Waals surface area contributed by atoms with Gasteiger partial charge in [0.1, 0.15) is 22.9 Å². The molecule has 170 valence electrons. The third-order valence-corrected chi connectivity index (χ3v) is 6.79. The van der Waals surface area contributed by atoms with E-state index >= 15 is 0 Å². The van der Waals surface area contributed by atoms with Gasteiger partial charge in [-0.1, -0.05) is 24.6 Å². The number of pyridine rings is 1. The normalized spacial score (nSPS) is 16.8. The summed E-state index contributed by atoms with van der Waals surface area (Å²) >= 11 is 1.62. The standard InChI is InChI=1S/C25H28N6OS/c1-16-13-22(30-25-26-14-17(2)33-25)29-24(27-16)20-8-4-5-12-31(20)15-19-11-10-18-7-6-9-21(32-3)23(18)28-19/h6-7,9-11,13-14,20H,4-5,8,12,15H2,1-3H3,(H,26,27,29,30). The summed E-state index contributed by atoms with van der Waals surface area (Å²) in [5.41, 5.74) is 2.89. The van der Waals surface area contributed by atoms with Crippen LogP contribution in [0, 0.1) is 13.8 Å². The quantitative estimate of drug-likeness (QED) is 0.403. The highest BCUT2D eigenvalue weighted by atomic mass is 32.1. The highest BCUT2D eigenvalue weighted by Crippen LogP contribution is 2.32. The fourth-order valence-corrected chi connectivity index (χ4v) is 5.09. The van der Waals surface area contributed by atoms with Crippen molar-refractivity contribution in [3.63, 3.8) is 0 Å². The zero-order valence-corrected chi connectivity index (χ0v) is 20.0. The number of piperidine rings is 1. The monoisotopic (exact) mass is 460 g/mol. The van der Waals surface area contributed by atoms with Crippen LogP contribution in [0.4, 0.5) is 10.9 Å². The summed E-state index contributed by atoms with van der Waals surface area (Å²) in [5, 5.41) is 5.29. The van der Waals surface area contributed by atoms with Gasteiger partial charge in [0.05, 0.1) is 18.8 Å². The first kappa shape index (κ1) is 21.7. The minimum Gasteiger partial charge on any atom is -0.494 e. The molecule has 0 saturated carbocycles. The van der Waals surface area contributed by atoms with E-state index in [2.05, 4.69) is 40.3 Å². The maximum atomic E-state index is 5.53. The topological polar surface area (TPSA) is 76.1 Å². The van der Waals surface area contributed by atoms with Crippen LogP contribution >= 0.6 is 11.3 Å². The number of hydrogen-bond donors (Lipinski definition) is 1. The van der Waals surface area contributed by atoms with Crippen LogP contribution < -0.4 is 10.1 Å². The Bertz CT molecular complexity index is 1270. The first-order chi connectivity index (χ1) is 16.1. The Kier molecular flexibility index (Phi) is 6.20. The van der Waals surface area contributed by atoms with Gasteiger partial charge in [0.15, 0.2) is 5.13 Å². The first-order valence-electron chi connectivity index (χ1n) is 11.3. The molecule has 33 heavy (non-hydrogen) atoms. The molecule has 1 atom stereocenters. The van der Waals surface area contributed by atoms with Crippen molar-refractivity contribution >= 4 is 33.2 Å². The number of nitrogens with one attached hydrogen (secondary N) is 1. The summed E-state index contributed by atoms with van der Waals surface area (Å²) < 4.78 is 5.53. The van der Waals surface area contributed by atoms with Crippen LogP contribution in [0.5, 0.6) is 5.75 Å². The molecule has 1 aliphatic rings. The molecule has 8 heteroatoms. The van der Waals surface area contributed by atoms with E-state index in [4.69, 9.17) is 19.7 Å². The Morgan fingerprint density at radius 2 is 2.03 bits per heavy atom. The molecule has 1 fully saturated rings. The number of ether oxygens (including phenoxy) is 1. The molecule has 0 spiro atoms. The Morgan fingerprint density at radius 3 is 2.85 bits per heavy atom. The highest BCUT2D eigenvalue weighted by molar-refractivity contribution is 7.15. The third-order valence-electron chi connectivity index (χ3n) is 5.97. The van der Waals surface area contributed by atoms with Crippen molar-refractivity contribution in [3.05, 3.63) is 64.7 Å². The maximum Gasteiger partial charge on any atom is 0.188 e. The van der Waals surface area contributed by atoms with Crippen LogP contribution in [0.1, 0.15) is 47.4 Å². The molecule has 1 saturated heterocycles. The Balaban J connectivity index is 1.41. The number of methoxy groups -OCH3 is 1. The Labute approximate surface area is 197 Å². The van der Waals surface area contributed by atoms with Gasteiger partial charge < -0.3 is 10.1 Å². The lowest BCUT2D eigenvalue weighted by molar-refractivity contribution is 0.132. The summed E-state index contributed by atoms with van der Waals surface area (Å²) in [6.07, 6.45) is 5.25. The fraction of sp³-hybridized carbons (Fsp3) is 0.360.